The molecule has 0 fully saturated rings. The van der Waals surface area contributed by atoms with Crippen molar-refractivity contribution >= 4 is 16.8 Å². The first-order valence-electron chi connectivity index (χ1n) is 4.83. The van der Waals surface area contributed by atoms with E-state index in [-0.39, 0.29) is 22.4 Å². The minimum absolute atomic E-state index is 0.109. The Balaban J connectivity index is 2.44. The molecule has 4 nitrogen and oxygen atoms in total. The minimum Gasteiger partial charge on any atom is -0.463 e. The molecule has 86 valence electrons. The standard InChI is InChI=1S/C11H7F2N3O/c12-7-3-8(13)9(6-4-15-16-11(6)14)10-5(7)1-2-17-10/h1-4H,(H3,14,15,16). The van der Waals surface area contributed by atoms with Gasteiger partial charge in [-0.15, -0.1) is 0 Å². The number of fused-ring (bicyclic) bond motifs is 1. The third-order valence-corrected chi connectivity index (χ3v) is 2.58. The van der Waals surface area contributed by atoms with E-state index in [1.807, 2.05) is 0 Å². The lowest BCUT2D eigenvalue weighted by Gasteiger charge is -2.03. The maximum atomic E-state index is 13.8. The molecule has 0 aliphatic heterocycles. The highest BCUT2D eigenvalue weighted by molar-refractivity contribution is 5.95. The molecule has 0 atom stereocenters. The van der Waals surface area contributed by atoms with Gasteiger partial charge in [0.25, 0.3) is 0 Å². The normalized spacial score (nSPS) is 11.2. The molecule has 0 spiro atoms. The maximum absolute atomic E-state index is 13.8. The number of aromatic nitrogens is 2. The topological polar surface area (TPSA) is 67.8 Å². The molecule has 3 N–H and O–H groups in total. The SMILES string of the molecule is Nc1[nH]ncc1-c1c(F)cc(F)c2ccoc12. The van der Waals surface area contributed by atoms with Crippen LogP contribution >= 0.6 is 0 Å². The molecule has 17 heavy (non-hydrogen) atoms. The molecule has 3 aromatic rings. The van der Waals surface area contributed by atoms with Crippen LogP contribution < -0.4 is 5.73 Å². The van der Waals surface area contributed by atoms with Crippen LogP contribution in [0.1, 0.15) is 0 Å². The molecule has 0 saturated carbocycles. The van der Waals surface area contributed by atoms with Crippen molar-refractivity contribution in [3.05, 3.63) is 36.2 Å². The van der Waals surface area contributed by atoms with Crippen LogP contribution in [0.4, 0.5) is 14.6 Å². The number of nitrogen functional groups attached to an aromatic ring is 1. The number of halogens is 2. The fourth-order valence-corrected chi connectivity index (χ4v) is 1.81. The van der Waals surface area contributed by atoms with Gasteiger partial charge in [-0.1, -0.05) is 0 Å². The lowest BCUT2D eigenvalue weighted by atomic mass is 10.1. The summed E-state index contributed by atoms with van der Waals surface area (Å²) in [7, 11) is 0. The van der Waals surface area contributed by atoms with Crippen molar-refractivity contribution in [1.29, 1.82) is 0 Å². The highest BCUT2D eigenvalue weighted by atomic mass is 19.1. The largest absolute Gasteiger partial charge is 0.463 e. The van der Waals surface area contributed by atoms with Gasteiger partial charge in [-0.05, 0) is 6.07 Å². The molecule has 0 aliphatic carbocycles. The van der Waals surface area contributed by atoms with Gasteiger partial charge in [-0.3, -0.25) is 5.10 Å². The predicted octanol–water partition coefficient (Wildman–Crippen LogP) is 2.68. The first-order valence-corrected chi connectivity index (χ1v) is 4.83. The molecule has 6 heteroatoms. The zero-order valence-electron chi connectivity index (χ0n) is 8.50. The van der Waals surface area contributed by atoms with E-state index in [1.165, 1.54) is 18.5 Å². The van der Waals surface area contributed by atoms with Gasteiger partial charge in [-0.2, -0.15) is 5.10 Å². The summed E-state index contributed by atoms with van der Waals surface area (Å²) in [6, 6.07) is 2.24. The van der Waals surface area contributed by atoms with Crippen LogP contribution in [0.2, 0.25) is 0 Å². The Hall–Kier alpha value is -2.37. The van der Waals surface area contributed by atoms with Crippen LogP contribution in [0.25, 0.3) is 22.1 Å². The van der Waals surface area contributed by atoms with E-state index >= 15 is 0 Å². The Morgan fingerprint density at radius 3 is 2.82 bits per heavy atom. The molecule has 3 rings (SSSR count). The van der Waals surface area contributed by atoms with Crippen molar-refractivity contribution in [2.75, 3.05) is 5.73 Å². The lowest BCUT2D eigenvalue weighted by Crippen LogP contribution is -1.92. The highest BCUT2D eigenvalue weighted by Gasteiger charge is 2.19. The monoisotopic (exact) mass is 235 g/mol. The molecule has 0 amide bonds. The van der Waals surface area contributed by atoms with Crippen molar-refractivity contribution in [2.24, 2.45) is 0 Å². The number of nitrogens with one attached hydrogen (secondary N) is 1. The number of furan rings is 1. The van der Waals surface area contributed by atoms with E-state index in [4.69, 9.17) is 10.2 Å². The summed E-state index contributed by atoms with van der Waals surface area (Å²) in [5, 5.41) is 6.40. The number of benzene rings is 1. The molecule has 0 unspecified atom stereocenters. The van der Waals surface area contributed by atoms with Crippen LogP contribution in [-0.4, -0.2) is 10.2 Å². The predicted molar refractivity (Wildman–Crippen MR) is 58.1 cm³/mol. The molecular formula is C11H7F2N3O. The van der Waals surface area contributed by atoms with Gasteiger partial charge in [0, 0.05) is 6.07 Å². The van der Waals surface area contributed by atoms with Crippen molar-refractivity contribution in [2.45, 2.75) is 0 Å². The van der Waals surface area contributed by atoms with Gasteiger partial charge in [-0.25, -0.2) is 8.78 Å². The summed E-state index contributed by atoms with van der Waals surface area (Å²) in [5.74, 6) is -1.21. The van der Waals surface area contributed by atoms with E-state index in [0.29, 0.717) is 5.56 Å². The van der Waals surface area contributed by atoms with Gasteiger partial charge in [0.1, 0.15) is 23.0 Å². The average Bonchev–Trinajstić information content (AvgIpc) is 2.88. The summed E-state index contributed by atoms with van der Waals surface area (Å²) in [4.78, 5) is 0. The molecule has 0 saturated heterocycles. The number of hydrogen-bond donors (Lipinski definition) is 2. The Morgan fingerprint density at radius 1 is 1.29 bits per heavy atom. The Kier molecular flexibility index (Phi) is 1.91. The Morgan fingerprint density at radius 2 is 2.12 bits per heavy atom. The number of rotatable bonds is 1. The van der Waals surface area contributed by atoms with Gasteiger partial charge in [0.05, 0.1) is 29.0 Å². The second-order valence-electron chi connectivity index (χ2n) is 3.58. The number of aromatic amines is 1. The summed E-state index contributed by atoms with van der Waals surface area (Å²) >= 11 is 0. The van der Waals surface area contributed by atoms with E-state index < -0.39 is 11.6 Å². The third-order valence-electron chi connectivity index (χ3n) is 2.58. The van der Waals surface area contributed by atoms with E-state index in [0.717, 1.165) is 6.07 Å². The Labute approximate surface area is 94.0 Å². The number of anilines is 1. The first kappa shape index (κ1) is 9.83. The number of nitrogens with zero attached hydrogens (tertiary/aromatic N) is 1. The quantitative estimate of drug-likeness (QED) is 0.681. The van der Waals surface area contributed by atoms with Crippen molar-refractivity contribution < 1.29 is 13.2 Å². The van der Waals surface area contributed by atoms with Gasteiger partial charge >= 0.3 is 0 Å². The van der Waals surface area contributed by atoms with Gasteiger partial charge in [0.2, 0.25) is 0 Å². The van der Waals surface area contributed by atoms with E-state index in [2.05, 4.69) is 10.2 Å². The van der Waals surface area contributed by atoms with Crippen LogP contribution in [0.5, 0.6) is 0 Å². The fraction of sp³-hybridized carbons (Fsp3) is 0. The number of nitrogens with two attached hydrogens (primary N) is 1. The molecular weight excluding hydrogens is 228 g/mol. The number of H-pyrrole nitrogens is 1. The van der Waals surface area contributed by atoms with Crippen molar-refractivity contribution in [1.82, 2.24) is 10.2 Å². The molecule has 2 heterocycles. The van der Waals surface area contributed by atoms with Crippen LogP contribution in [0.3, 0.4) is 0 Å². The Bertz CT molecular complexity index is 702. The van der Waals surface area contributed by atoms with Crippen LogP contribution in [0, 0.1) is 11.6 Å². The summed E-state index contributed by atoms with van der Waals surface area (Å²) < 4.78 is 32.4. The zero-order valence-corrected chi connectivity index (χ0v) is 8.50. The average molecular weight is 235 g/mol. The van der Waals surface area contributed by atoms with Gasteiger partial charge in [0.15, 0.2) is 0 Å². The van der Waals surface area contributed by atoms with Gasteiger partial charge < -0.3 is 10.2 Å². The molecule has 2 aromatic heterocycles. The highest BCUT2D eigenvalue weighted by Crippen LogP contribution is 2.35. The van der Waals surface area contributed by atoms with Crippen molar-refractivity contribution in [3.63, 3.8) is 0 Å². The molecule has 0 radical (unpaired) electrons. The van der Waals surface area contributed by atoms with Crippen molar-refractivity contribution in [3.8, 4) is 11.1 Å². The summed E-state index contributed by atoms with van der Waals surface area (Å²) in [6.45, 7) is 0. The molecule has 0 aliphatic rings. The smallest absolute Gasteiger partial charge is 0.147 e. The fourth-order valence-electron chi connectivity index (χ4n) is 1.81. The minimum atomic E-state index is -0.738. The number of hydrogen-bond acceptors (Lipinski definition) is 3. The second kappa shape index (κ2) is 3.31. The summed E-state index contributed by atoms with van der Waals surface area (Å²) in [5.41, 5.74) is 6.20. The maximum Gasteiger partial charge on any atom is 0.147 e. The van der Waals surface area contributed by atoms with E-state index in [1.54, 1.807) is 0 Å². The lowest BCUT2D eigenvalue weighted by molar-refractivity contribution is 0.580. The second-order valence-corrected chi connectivity index (χ2v) is 3.58. The first-order chi connectivity index (χ1) is 8.18. The van der Waals surface area contributed by atoms with Crippen LogP contribution in [-0.2, 0) is 0 Å². The summed E-state index contributed by atoms with van der Waals surface area (Å²) in [6.07, 6.45) is 2.67. The third kappa shape index (κ3) is 1.30. The molecule has 1 aromatic carbocycles. The van der Waals surface area contributed by atoms with Crippen LogP contribution in [0.15, 0.2) is 29.0 Å². The molecule has 0 bridgehead atoms. The zero-order chi connectivity index (χ0) is 12.0. The van der Waals surface area contributed by atoms with E-state index in [9.17, 15) is 8.78 Å².